The van der Waals surface area contributed by atoms with Crippen molar-refractivity contribution in [2.75, 3.05) is 0 Å². The molecule has 5 aromatic heterocycles. The number of para-hydroxylation sites is 2. The molecule has 0 saturated heterocycles. The van der Waals surface area contributed by atoms with Crippen LogP contribution in [0.4, 0.5) is 0 Å². The Morgan fingerprint density at radius 3 is 1.61 bits per heavy atom. The van der Waals surface area contributed by atoms with E-state index < -0.39 is 0 Å². The topological polar surface area (TPSA) is 60.4 Å². The van der Waals surface area contributed by atoms with Gasteiger partial charge in [-0.2, -0.15) is 0 Å². The Labute approximate surface area is 262 Å². The van der Waals surface area contributed by atoms with Crippen LogP contribution in [-0.2, 0) is 0 Å². The first-order chi connectivity index (χ1) is 22.9. The highest BCUT2D eigenvalue weighted by molar-refractivity contribution is 6.22. The normalized spacial score (nSPS) is 11.9. The van der Waals surface area contributed by atoms with Gasteiger partial charge in [0.2, 0.25) is 0 Å². The first-order valence-corrected chi connectivity index (χ1v) is 15.3. The summed E-state index contributed by atoms with van der Waals surface area (Å²) in [6.45, 7) is 0. The van der Waals surface area contributed by atoms with Crippen LogP contribution in [0.15, 0.2) is 146 Å². The Kier molecular flexibility index (Phi) is 5.19. The molecule has 0 spiro atoms. The van der Waals surface area contributed by atoms with E-state index in [2.05, 4.69) is 118 Å². The predicted octanol–water partition coefficient (Wildman–Crippen LogP) is 8.02. The average molecular weight is 589 g/mol. The molecule has 0 unspecified atom stereocenters. The Morgan fingerprint density at radius 2 is 0.978 bits per heavy atom. The second-order valence-electron chi connectivity index (χ2n) is 11.5. The fourth-order valence-corrected chi connectivity index (χ4v) is 7.13. The summed E-state index contributed by atoms with van der Waals surface area (Å²) in [5.41, 5.74) is 11.5. The van der Waals surface area contributed by atoms with E-state index in [9.17, 15) is 0 Å². The molecule has 10 aromatic rings. The van der Waals surface area contributed by atoms with Crippen molar-refractivity contribution < 1.29 is 0 Å². The average Bonchev–Trinajstić information content (AvgIpc) is 3.60. The number of hydrogen-bond donors (Lipinski definition) is 0. The summed E-state index contributed by atoms with van der Waals surface area (Å²) >= 11 is 0. The van der Waals surface area contributed by atoms with Gasteiger partial charge in [-0.25, -0.2) is 15.0 Å². The molecule has 0 atom stereocenters. The van der Waals surface area contributed by atoms with Crippen LogP contribution in [0.1, 0.15) is 11.1 Å². The van der Waals surface area contributed by atoms with Crippen LogP contribution >= 0.6 is 0 Å². The molecule has 6 heteroatoms. The lowest BCUT2D eigenvalue weighted by Crippen LogP contribution is -2.25. The van der Waals surface area contributed by atoms with E-state index in [1.54, 1.807) is 12.4 Å². The van der Waals surface area contributed by atoms with Crippen LogP contribution in [0, 0.1) is 0 Å². The third-order valence-corrected chi connectivity index (χ3v) is 9.02. The van der Waals surface area contributed by atoms with Crippen LogP contribution in [0.25, 0.3) is 71.7 Å². The summed E-state index contributed by atoms with van der Waals surface area (Å²) in [4.78, 5) is 20.4. The number of fused-ring (bicyclic) bond motifs is 7. The SMILES string of the molecule is c1ccc(C(c2ccccc2)=c2n3c4nccnc4c4cccc(c5cccc6c7nc(-c8ccccc8)cnc7n2c56)c43)cc1. The molecule has 0 aliphatic heterocycles. The number of rotatable bonds is 3. The van der Waals surface area contributed by atoms with Crippen LogP contribution in [0.3, 0.4) is 0 Å². The lowest BCUT2D eigenvalue weighted by Gasteiger charge is -2.11. The summed E-state index contributed by atoms with van der Waals surface area (Å²) in [5, 5.41) is 4.34. The molecule has 0 aliphatic carbocycles. The monoisotopic (exact) mass is 588 g/mol. The van der Waals surface area contributed by atoms with Crippen molar-refractivity contribution in [3.8, 4) is 11.3 Å². The Morgan fingerprint density at radius 1 is 0.457 bits per heavy atom. The van der Waals surface area contributed by atoms with Gasteiger partial charge in [-0.15, -0.1) is 0 Å². The van der Waals surface area contributed by atoms with Crippen LogP contribution in [0.5, 0.6) is 0 Å². The second kappa shape index (κ2) is 9.55. The highest BCUT2D eigenvalue weighted by Gasteiger charge is 2.23. The standard InChI is InChI=1S/C40H24N6/c1-4-12-25(13-5-1)32-24-43-39-35(44-32)31-21-11-19-29-28-18-10-20-30-34-38(42-23-22-41-34)45(36(28)30)40(46(39)37(29)31)33(26-14-6-2-7-15-26)27-16-8-3-9-17-27/h1-24H. The van der Waals surface area contributed by atoms with Crippen molar-refractivity contribution in [2.45, 2.75) is 0 Å². The van der Waals surface area contributed by atoms with E-state index in [1.807, 2.05) is 24.4 Å². The zero-order valence-electron chi connectivity index (χ0n) is 24.5. The van der Waals surface area contributed by atoms with Crippen LogP contribution in [0.2, 0.25) is 0 Å². The molecule has 5 heterocycles. The van der Waals surface area contributed by atoms with E-state index in [1.165, 1.54) is 0 Å². The maximum Gasteiger partial charge on any atom is 0.165 e. The Hall–Kier alpha value is -6.40. The molecule has 214 valence electrons. The summed E-state index contributed by atoms with van der Waals surface area (Å²) in [7, 11) is 0. The summed E-state index contributed by atoms with van der Waals surface area (Å²) in [5.74, 6) is 0. The van der Waals surface area contributed by atoms with Gasteiger partial charge in [-0.1, -0.05) is 127 Å². The maximum absolute atomic E-state index is 5.29. The van der Waals surface area contributed by atoms with E-state index in [-0.39, 0.29) is 0 Å². The van der Waals surface area contributed by atoms with Crippen molar-refractivity contribution >= 4 is 60.5 Å². The molecule has 0 amide bonds. The van der Waals surface area contributed by atoms with E-state index in [4.69, 9.17) is 19.9 Å². The van der Waals surface area contributed by atoms with Crippen molar-refractivity contribution in [3.05, 3.63) is 163 Å². The molecule has 0 N–H and O–H groups in total. The number of hydrogen-bond acceptors (Lipinski definition) is 4. The fraction of sp³-hybridized carbons (Fsp3) is 0. The summed E-state index contributed by atoms with van der Waals surface area (Å²) < 4.78 is 4.61. The minimum atomic E-state index is 0.785. The largest absolute Gasteiger partial charge is 0.276 e. The van der Waals surface area contributed by atoms with Gasteiger partial charge in [0.25, 0.3) is 0 Å². The Bertz CT molecular complexity index is 2790. The summed E-state index contributed by atoms with van der Waals surface area (Å²) in [6, 6.07) is 44.4. The second-order valence-corrected chi connectivity index (χ2v) is 11.5. The van der Waals surface area contributed by atoms with E-state index >= 15 is 0 Å². The third-order valence-electron chi connectivity index (χ3n) is 9.02. The van der Waals surface area contributed by atoms with Crippen molar-refractivity contribution in [1.82, 2.24) is 28.7 Å². The zero-order valence-corrected chi connectivity index (χ0v) is 24.5. The van der Waals surface area contributed by atoms with Crippen LogP contribution < -0.4 is 5.48 Å². The van der Waals surface area contributed by atoms with Crippen molar-refractivity contribution in [1.29, 1.82) is 0 Å². The maximum atomic E-state index is 5.29. The quantitative estimate of drug-likeness (QED) is 0.210. The first-order valence-electron chi connectivity index (χ1n) is 15.3. The van der Waals surface area contributed by atoms with Crippen molar-refractivity contribution in [2.24, 2.45) is 0 Å². The highest BCUT2D eigenvalue weighted by atomic mass is 15.1. The number of nitrogens with zero attached hydrogens (tertiary/aromatic N) is 6. The molecule has 5 aromatic carbocycles. The van der Waals surface area contributed by atoms with Crippen LogP contribution in [-0.4, -0.2) is 28.7 Å². The fourth-order valence-electron chi connectivity index (χ4n) is 7.13. The van der Waals surface area contributed by atoms with E-state index in [0.717, 1.165) is 88.3 Å². The molecule has 0 bridgehead atoms. The van der Waals surface area contributed by atoms with Gasteiger partial charge < -0.3 is 0 Å². The highest BCUT2D eigenvalue weighted by Crippen LogP contribution is 2.37. The molecule has 0 aliphatic rings. The van der Waals surface area contributed by atoms with Gasteiger partial charge in [0.05, 0.1) is 22.9 Å². The first kappa shape index (κ1) is 25.0. The molecular formula is C40H24N6. The predicted molar refractivity (Wildman–Crippen MR) is 185 cm³/mol. The minimum Gasteiger partial charge on any atom is -0.276 e. The summed E-state index contributed by atoms with van der Waals surface area (Å²) in [6.07, 6.45) is 5.44. The molecule has 0 radical (unpaired) electrons. The molecular weight excluding hydrogens is 564 g/mol. The van der Waals surface area contributed by atoms with Gasteiger partial charge in [0, 0.05) is 45.1 Å². The molecule has 6 nitrogen and oxygen atoms in total. The molecule has 0 fully saturated rings. The van der Waals surface area contributed by atoms with Gasteiger partial charge in [-0.3, -0.25) is 13.8 Å². The van der Waals surface area contributed by atoms with Gasteiger partial charge >= 0.3 is 0 Å². The zero-order chi connectivity index (χ0) is 30.2. The minimum absolute atomic E-state index is 0.785. The number of aromatic nitrogens is 6. The van der Waals surface area contributed by atoms with Gasteiger partial charge in [0.1, 0.15) is 16.5 Å². The smallest absolute Gasteiger partial charge is 0.165 e. The van der Waals surface area contributed by atoms with E-state index in [0.29, 0.717) is 0 Å². The lowest BCUT2D eigenvalue weighted by atomic mass is 9.98. The van der Waals surface area contributed by atoms with Gasteiger partial charge in [-0.05, 0) is 11.1 Å². The number of benzene rings is 5. The van der Waals surface area contributed by atoms with Gasteiger partial charge in [0.15, 0.2) is 11.3 Å². The molecule has 0 saturated carbocycles. The molecule has 10 rings (SSSR count). The lowest BCUT2D eigenvalue weighted by molar-refractivity contribution is 0.998. The third kappa shape index (κ3) is 3.41. The molecule has 46 heavy (non-hydrogen) atoms. The van der Waals surface area contributed by atoms with Crippen molar-refractivity contribution in [3.63, 3.8) is 0 Å². The Balaban J connectivity index is 1.60.